The van der Waals surface area contributed by atoms with E-state index in [4.69, 9.17) is 18.8 Å². The zero-order valence-electron chi connectivity index (χ0n) is 29.2. The van der Waals surface area contributed by atoms with Crippen LogP contribution in [0.2, 0.25) is 0 Å². The molecule has 0 fully saturated rings. The van der Waals surface area contributed by atoms with Crippen molar-refractivity contribution >= 4 is 109 Å². The van der Waals surface area contributed by atoms with E-state index in [2.05, 4.69) is 156 Å². The van der Waals surface area contributed by atoms with Crippen molar-refractivity contribution in [3.8, 4) is 17.2 Å². The third kappa shape index (κ3) is 3.81. The van der Waals surface area contributed by atoms with Crippen LogP contribution in [-0.4, -0.2) is 14.5 Å². The number of para-hydroxylation sites is 3. The Morgan fingerprint density at radius 3 is 1.82 bits per heavy atom. The summed E-state index contributed by atoms with van der Waals surface area (Å²) in [5.74, 6) is 0.569. The molecular weight excluding hydrogens is 675 g/mol. The van der Waals surface area contributed by atoms with Crippen LogP contribution in [0.3, 0.4) is 0 Å². The van der Waals surface area contributed by atoms with Crippen molar-refractivity contribution in [1.82, 2.24) is 14.5 Å². The van der Waals surface area contributed by atoms with E-state index < -0.39 is 0 Å². The topological polar surface area (TPSA) is 57.0 Å². The fraction of sp³-hybridized carbons (Fsp3) is 0. The van der Waals surface area contributed by atoms with E-state index in [9.17, 15) is 0 Å². The van der Waals surface area contributed by atoms with Crippen molar-refractivity contribution in [1.29, 1.82) is 0 Å². The van der Waals surface area contributed by atoms with E-state index in [-0.39, 0.29) is 0 Å². The number of fused-ring (bicyclic) bond motifs is 18. The van der Waals surface area contributed by atoms with E-state index in [1.807, 2.05) is 12.1 Å². The second kappa shape index (κ2) is 10.6. The maximum atomic E-state index is 6.92. The summed E-state index contributed by atoms with van der Waals surface area (Å²) in [6, 6.07) is 57.4. The minimum atomic E-state index is 0.569. The molecule has 0 saturated carbocycles. The second-order valence-electron chi connectivity index (χ2n) is 14.4. The Morgan fingerprint density at radius 2 is 1.00 bits per heavy atom. The van der Waals surface area contributed by atoms with Gasteiger partial charge in [-0.2, -0.15) is 0 Å². The molecule has 9 aromatic carbocycles. The van der Waals surface area contributed by atoms with Crippen LogP contribution in [0.25, 0.3) is 126 Å². The van der Waals surface area contributed by atoms with Crippen LogP contribution in [0.5, 0.6) is 0 Å². The summed E-state index contributed by atoms with van der Waals surface area (Å²) in [6.07, 6.45) is 0. The predicted octanol–water partition coefficient (Wildman–Crippen LogP) is 13.7. The molecule has 0 radical (unpaired) electrons. The second-order valence-corrected chi connectivity index (χ2v) is 14.4. The van der Waals surface area contributed by atoms with E-state index in [0.29, 0.717) is 5.95 Å². The van der Waals surface area contributed by atoms with Crippen molar-refractivity contribution in [3.05, 3.63) is 164 Å². The Balaban J connectivity index is 1.22. The summed E-state index contributed by atoms with van der Waals surface area (Å²) in [7, 11) is 0. The molecule has 5 nitrogen and oxygen atoms in total. The summed E-state index contributed by atoms with van der Waals surface area (Å²) >= 11 is 0. The van der Waals surface area contributed by atoms with E-state index in [0.717, 1.165) is 98.6 Å². The quantitative estimate of drug-likeness (QED) is 0.180. The fourth-order valence-electron chi connectivity index (χ4n) is 9.27. The van der Waals surface area contributed by atoms with Crippen molar-refractivity contribution < 1.29 is 8.83 Å². The Hall–Kier alpha value is -7.50. The number of hydrogen-bond acceptors (Lipinski definition) is 4. The number of furan rings is 2. The first kappa shape index (κ1) is 29.0. The van der Waals surface area contributed by atoms with E-state index in [1.165, 1.54) is 21.5 Å². The van der Waals surface area contributed by atoms with Gasteiger partial charge in [-0.25, -0.2) is 9.97 Å². The van der Waals surface area contributed by atoms with Gasteiger partial charge in [0.2, 0.25) is 5.95 Å². The van der Waals surface area contributed by atoms with Crippen molar-refractivity contribution in [2.24, 2.45) is 0 Å². The molecule has 4 aromatic heterocycles. The molecule has 0 aliphatic heterocycles. The molecule has 0 bridgehead atoms. The average molecular weight is 702 g/mol. The van der Waals surface area contributed by atoms with E-state index >= 15 is 0 Å². The highest BCUT2D eigenvalue weighted by Gasteiger charge is 2.26. The highest BCUT2D eigenvalue weighted by atomic mass is 16.3. The van der Waals surface area contributed by atoms with Gasteiger partial charge in [-0.05, 0) is 62.6 Å². The zero-order chi connectivity index (χ0) is 35.8. The van der Waals surface area contributed by atoms with Gasteiger partial charge in [0.1, 0.15) is 22.3 Å². The van der Waals surface area contributed by atoms with Crippen LogP contribution in [-0.2, 0) is 0 Å². The van der Waals surface area contributed by atoms with Crippen LogP contribution in [0.1, 0.15) is 0 Å². The lowest BCUT2D eigenvalue weighted by atomic mass is 9.97. The molecule has 254 valence electrons. The standard InChI is InChI=1S/C50H27N3O2/c1-3-14-30-29(13-1)25-27-41-42(30)36-20-11-21-37(48(36)55-41)46-34-18-7-9-22-38(34)51-50(52-46)53-39-26-24-28-12-2-4-15-31(28)44(39)45-33-17-6-5-16-32(33)43-35-19-8-10-23-40(35)54-49(43)47(45)53/h1-27H. The molecule has 5 heteroatoms. The van der Waals surface area contributed by atoms with Gasteiger partial charge in [-0.1, -0.05) is 133 Å². The first-order chi connectivity index (χ1) is 27.3. The minimum absolute atomic E-state index is 0.569. The van der Waals surface area contributed by atoms with Gasteiger partial charge in [0, 0.05) is 43.3 Å². The lowest BCUT2D eigenvalue weighted by Gasteiger charge is -2.12. The molecule has 0 amide bonds. The van der Waals surface area contributed by atoms with Gasteiger partial charge in [0.05, 0.1) is 16.7 Å². The monoisotopic (exact) mass is 701 g/mol. The van der Waals surface area contributed by atoms with Gasteiger partial charge in [-0.15, -0.1) is 0 Å². The highest BCUT2D eigenvalue weighted by molar-refractivity contribution is 6.37. The maximum Gasteiger partial charge on any atom is 0.235 e. The molecular formula is C50H27N3O2. The number of rotatable bonds is 2. The highest BCUT2D eigenvalue weighted by Crippen LogP contribution is 2.48. The van der Waals surface area contributed by atoms with Gasteiger partial charge in [-0.3, -0.25) is 4.57 Å². The Bertz CT molecular complexity index is 3790. The molecule has 0 N–H and O–H groups in total. The van der Waals surface area contributed by atoms with Gasteiger partial charge < -0.3 is 8.83 Å². The van der Waals surface area contributed by atoms with Crippen molar-refractivity contribution in [2.75, 3.05) is 0 Å². The smallest absolute Gasteiger partial charge is 0.235 e. The first-order valence-corrected chi connectivity index (χ1v) is 18.6. The van der Waals surface area contributed by atoms with Crippen LogP contribution in [0.15, 0.2) is 173 Å². The van der Waals surface area contributed by atoms with Crippen molar-refractivity contribution in [2.45, 2.75) is 0 Å². The minimum Gasteiger partial charge on any atom is -0.455 e. The number of aromatic nitrogens is 3. The fourth-order valence-corrected chi connectivity index (χ4v) is 9.27. The SMILES string of the molecule is c1ccc2c(c1)ccc1oc3c(-c4nc(-n5c6ccc7ccccc7c6c6c7ccccc7c7c8ccccc8oc7c65)nc5ccccc45)cccc3c12. The predicted molar refractivity (Wildman–Crippen MR) is 226 cm³/mol. The molecule has 0 spiro atoms. The zero-order valence-corrected chi connectivity index (χ0v) is 29.2. The number of nitrogens with zero attached hydrogens (tertiary/aromatic N) is 3. The molecule has 0 aliphatic carbocycles. The van der Waals surface area contributed by atoms with Crippen LogP contribution >= 0.6 is 0 Å². The summed E-state index contributed by atoms with van der Waals surface area (Å²) in [4.78, 5) is 10.9. The summed E-state index contributed by atoms with van der Waals surface area (Å²) in [5, 5.41) is 14.6. The van der Waals surface area contributed by atoms with Crippen LogP contribution in [0.4, 0.5) is 0 Å². The largest absolute Gasteiger partial charge is 0.455 e. The number of hydrogen-bond donors (Lipinski definition) is 0. The molecule has 0 saturated heterocycles. The molecule has 13 aromatic rings. The molecule has 13 rings (SSSR count). The molecule has 0 unspecified atom stereocenters. The Labute approximate surface area is 312 Å². The van der Waals surface area contributed by atoms with Gasteiger partial charge >= 0.3 is 0 Å². The van der Waals surface area contributed by atoms with Gasteiger partial charge in [0.25, 0.3) is 0 Å². The average Bonchev–Trinajstić information content (AvgIpc) is 3.94. The van der Waals surface area contributed by atoms with Gasteiger partial charge in [0.15, 0.2) is 5.58 Å². The first-order valence-electron chi connectivity index (χ1n) is 18.6. The summed E-state index contributed by atoms with van der Waals surface area (Å²) < 4.78 is 15.9. The summed E-state index contributed by atoms with van der Waals surface area (Å²) in [6.45, 7) is 0. The third-order valence-electron chi connectivity index (χ3n) is 11.6. The molecule has 0 aliphatic rings. The summed E-state index contributed by atoms with van der Waals surface area (Å²) in [5.41, 5.74) is 7.87. The van der Waals surface area contributed by atoms with Crippen LogP contribution in [0, 0.1) is 0 Å². The lowest BCUT2D eigenvalue weighted by Crippen LogP contribution is -2.03. The van der Waals surface area contributed by atoms with Crippen LogP contribution < -0.4 is 0 Å². The molecule has 4 heterocycles. The lowest BCUT2D eigenvalue weighted by molar-refractivity contribution is 0.669. The molecule has 55 heavy (non-hydrogen) atoms. The van der Waals surface area contributed by atoms with Crippen molar-refractivity contribution in [3.63, 3.8) is 0 Å². The Morgan fingerprint density at radius 1 is 0.382 bits per heavy atom. The number of benzene rings is 9. The molecule has 0 atom stereocenters. The third-order valence-corrected chi connectivity index (χ3v) is 11.6. The normalized spacial score (nSPS) is 12.4. The maximum absolute atomic E-state index is 6.92. The van der Waals surface area contributed by atoms with E-state index in [1.54, 1.807) is 0 Å². The Kier molecular flexibility index (Phi) is 5.57.